The molecule has 0 unspecified atom stereocenters. The number of non-ortho nitro benzene ring substituents is 1. The predicted molar refractivity (Wildman–Crippen MR) is 213 cm³/mol. The summed E-state index contributed by atoms with van der Waals surface area (Å²) in [5, 5.41) is 11.2. The number of nitro groups is 1. The highest BCUT2D eigenvalue weighted by Crippen LogP contribution is 2.34. The molecule has 5 aromatic rings. The van der Waals surface area contributed by atoms with Crippen molar-refractivity contribution in [1.29, 1.82) is 0 Å². The van der Waals surface area contributed by atoms with Gasteiger partial charge in [0.05, 0.1) is 22.7 Å². The first-order valence-electron chi connectivity index (χ1n) is 17.5. The molecule has 1 aromatic heterocycles. The Kier molecular flexibility index (Phi) is 14.0. The van der Waals surface area contributed by atoms with Crippen LogP contribution in [-0.2, 0) is 24.4 Å². The number of amides is 1. The number of rotatable bonds is 14. The van der Waals surface area contributed by atoms with Gasteiger partial charge >= 0.3 is 0 Å². The number of hydrogen-bond acceptors (Lipinski definition) is 8. The lowest BCUT2D eigenvalue weighted by Gasteiger charge is -2.34. The van der Waals surface area contributed by atoms with Crippen LogP contribution in [0, 0.1) is 24.0 Å². The number of carbonyl (C=O) groups is 1. The Bertz CT molecular complexity index is 2010. The fourth-order valence-corrected chi connectivity index (χ4v) is 6.18. The summed E-state index contributed by atoms with van der Waals surface area (Å²) >= 11 is 6.62. The second kappa shape index (κ2) is 19.1. The number of hydrogen-bond donors (Lipinski definition) is 0. The average molecular weight is 770 g/mol. The molecule has 0 bridgehead atoms. The highest BCUT2D eigenvalue weighted by atomic mass is 35.5. The van der Waals surface area contributed by atoms with E-state index >= 15 is 0 Å². The van der Waals surface area contributed by atoms with E-state index in [-0.39, 0.29) is 24.0 Å². The van der Waals surface area contributed by atoms with Crippen molar-refractivity contribution in [3.05, 3.63) is 158 Å². The Morgan fingerprint density at radius 2 is 1.52 bits per heavy atom. The highest BCUT2D eigenvalue weighted by molar-refractivity contribution is 6.32. The molecule has 10 nitrogen and oxygen atoms in total. The van der Waals surface area contributed by atoms with Crippen molar-refractivity contribution < 1.29 is 23.9 Å². The third-order valence-electron chi connectivity index (χ3n) is 8.93. The van der Waals surface area contributed by atoms with Crippen LogP contribution in [0.25, 0.3) is 6.08 Å². The molecule has 4 aromatic carbocycles. The van der Waals surface area contributed by atoms with E-state index in [0.717, 1.165) is 48.3 Å². The summed E-state index contributed by atoms with van der Waals surface area (Å²) in [4.78, 5) is 32.0. The molecule has 12 heteroatoms. The van der Waals surface area contributed by atoms with Crippen LogP contribution in [0.5, 0.6) is 23.1 Å². The van der Waals surface area contributed by atoms with Gasteiger partial charge in [0.2, 0.25) is 11.8 Å². The Balaban J connectivity index is 0.00000561. The van der Waals surface area contributed by atoms with E-state index in [0.29, 0.717) is 54.5 Å². The molecule has 0 N–H and O–H groups in total. The van der Waals surface area contributed by atoms with E-state index in [1.54, 1.807) is 42.6 Å². The molecule has 54 heavy (non-hydrogen) atoms. The molecule has 280 valence electrons. The van der Waals surface area contributed by atoms with E-state index in [1.807, 2.05) is 36.1 Å². The van der Waals surface area contributed by atoms with Gasteiger partial charge in [0.15, 0.2) is 5.75 Å². The van der Waals surface area contributed by atoms with Gasteiger partial charge in [-0.2, -0.15) is 0 Å². The third kappa shape index (κ3) is 11.3. The van der Waals surface area contributed by atoms with E-state index in [1.165, 1.54) is 23.3 Å². The van der Waals surface area contributed by atoms with Crippen molar-refractivity contribution in [3.63, 3.8) is 0 Å². The molecule has 2 heterocycles. The molecule has 6 rings (SSSR count). The molecule has 0 aliphatic carbocycles. The Labute approximate surface area is 326 Å². The van der Waals surface area contributed by atoms with Gasteiger partial charge < -0.3 is 19.1 Å². The van der Waals surface area contributed by atoms with Crippen LogP contribution >= 0.6 is 24.0 Å². The summed E-state index contributed by atoms with van der Waals surface area (Å²) < 4.78 is 17.6. The number of piperazine rings is 1. The lowest BCUT2D eigenvalue weighted by molar-refractivity contribution is -0.384. The van der Waals surface area contributed by atoms with Crippen molar-refractivity contribution in [3.8, 4) is 23.1 Å². The number of aryl methyl sites for hydroxylation is 2. The molecular weight excluding hydrogens is 727 g/mol. The zero-order chi connectivity index (χ0) is 37.2. The molecule has 0 spiro atoms. The summed E-state index contributed by atoms with van der Waals surface area (Å²) in [6.45, 7) is 8.57. The standard InChI is InChI=1S/C42H41ClN4O6.ClH/c1-30-3-5-34(6-4-30)29-52-38-16-17-40(44-27-38)53-42-31(2)25-35(26-39(42)43)11-18-41(48)46-22-20-45(21-23-46)28-33-9-7-32(8-10-33)19-24-51-37-14-12-36(13-15-37)47(49)50;/h3-18,25-27H,19-24,28-29H2,1-2H3;1H. The van der Waals surface area contributed by atoms with E-state index in [9.17, 15) is 14.9 Å². The van der Waals surface area contributed by atoms with E-state index in [4.69, 9.17) is 25.8 Å². The molecule has 1 amide bonds. The van der Waals surface area contributed by atoms with Crippen LogP contribution in [0.3, 0.4) is 0 Å². The summed E-state index contributed by atoms with van der Waals surface area (Å²) in [7, 11) is 0. The first kappa shape index (κ1) is 39.8. The first-order chi connectivity index (χ1) is 25.7. The fourth-order valence-electron chi connectivity index (χ4n) is 5.87. The molecule has 0 radical (unpaired) electrons. The zero-order valence-corrected chi connectivity index (χ0v) is 31.7. The maximum atomic E-state index is 13.0. The predicted octanol–water partition coefficient (Wildman–Crippen LogP) is 9.03. The van der Waals surface area contributed by atoms with E-state index in [2.05, 4.69) is 53.2 Å². The Morgan fingerprint density at radius 3 is 2.17 bits per heavy atom. The average Bonchev–Trinajstić information content (AvgIpc) is 3.17. The molecular formula is C42H42Cl2N4O6. The van der Waals surface area contributed by atoms with Crippen LogP contribution < -0.4 is 14.2 Å². The number of nitrogens with zero attached hydrogens (tertiary/aromatic N) is 4. The smallest absolute Gasteiger partial charge is 0.269 e. The number of carbonyl (C=O) groups excluding carboxylic acids is 1. The van der Waals surface area contributed by atoms with Gasteiger partial charge in [0, 0.05) is 63.4 Å². The Morgan fingerprint density at radius 1 is 0.852 bits per heavy atom. The topological polar surface area (TPSA) is 107 Å². The highest BCUT2D eigenvalue weighted by Gasteiger charge is 2.20. The number of aromatic nitrogens is 1. The summed E-state index contributed by atoms with van der Waals surface area (Å²) in [5.41, 5.74) is 6.32. The maximum absolute atomic E-state index is 13.0. The molecule has 1 saturated heterocycles. The largest absolute Gasteiger partial charge is 0.493 e. The van der Waals surface area contributed by atoms with Crippen LogP contribution in [0.1, 0.15) is 33.4 Å². The van der Waals surface area contributed by atoms with Crippen LogP contribution in [0.4, 0.5) is 5.69 Å². The second-order valence-corrected chi connectivity index (χ2v) is 13.4. The van der Waals surface area contributed by atoms with Crippen molar-refractivity contribution in [2.45, 2.75) is 33.4 Å². The second-order valence-electron chi connectivity index (χ2n) is 13.0. The number of nitro benzene ring substituents is 1. The van der Waals surface area contributed by atoms with Crippen LogP contribution in [0.2, 0.25) is 5.02 Å². The number of benzene rings is 4. The number of ether oxygens (including phenoxy) is 3. The van der Waals surface area contributed by atoms with Gasteiger partial charge in [-0.15, -0.1) is 12.4 Å². The summed E-state index contributed by atoms with van der Waals surface area (Å²) in [6.07, 6.45) is 5.74. The molecule has 1 aliphatic heterocycles. The molecule has 0 saturated carbocycles. The minimum Gasteiger partial charge on any atom is -0.493 e. The van der Waals surface area contributed by atoms with Crippen LogP contribution in [0.15, 0.2) is 109 Å². The number of halogens is 2. The third-order valence-corrected chi connectivity index (χ3v) is 9.21. The van der Waals surface area contributed by atoms with E-state index < -0.39 is 4.92 Å². The normalized spacial score (nSPS) is 13.0. The number of pyridine rings is 1. The Hall–Kier alpha value is -5.42. The SMILES string of the molecule is Cc1ccc(COc2ccc(Oc3c(C)cc(C=CC(=O)N4CCN(Cc5ccc(CCOc6ccc([N+](=O)[O-])cc6)cc5)CC4)cc3Cl)nc2)cc1.Cl. The summed E-state index contributed by atoms with van der Waals surface area (Å²) in [6, 6.07) is 30.0. The van der Waals surface area contributed by atoms with Gasteiger partial charge in [-0.25, -0.2) is 4.98 Å². The quantitative estimate of drug-likeness (QED) is 0.0626. The lowest BCUT2D eigenvalue weighted by Crippen LogP contribution is -2.47. The van der Waals surface area contributed by atoms with Gasteiger partial charge in [-0.3, -0.25) is 19.8 Å². The van der Waals surface area contributed by atoms with Gasteiger partial charge in [0.25, 0.3) is 5.69 Å². The molecule has 0 atom stereocenters. The van der Waals surface area contributed by atoms with Gasteiger partial charge in [-0.1, -0.05) is 65.7 Å². The summed E-state index contributed by atoms with van der Waals surface area (Å²) in [5.74, 6) is 2.12. The molecule has 1 fully saturated rings. The van der Waals surface area contributed by atoms with Crippen molar-refractivity contribution in [2.75, 3.05) is 32.8 Å². The maximum Gasteiger partial charge on any atom is 0.269 e. The van der Waals surface area contributed by atoms with Gasteiger partial charge in [0.1, 0.15) is 18.1 Å². The van der Waals surface area contributed by atoms with Crippen molar-refractivity contribution in [1.82, 2.24) is 14.8 Å². The van der Waals surface area contributed by atoms with Gasteiger partial charge in [-0.05, 0) is 78.1 Å². The lowest BCUT2D eigenvalue weighted by atomic mass is 10.1. The fraction of sp³-hybridized carbons (Fsp3) is 0.238. The van der Waals surface area contributed by atoms with Crippen molar-refractivity contribution in [2.24, 2.45) is 0 Å². The minimum absolute atomic E-state index is 0. The molecule has 1 aliphatic rings. The van der Waals surface area contributed by atoms with Crippen LogP contribution in [-0.4, -0.2) is 58.4 Å². The first-order valence-corrected chi connectivity index (χ1v) is 17.8. The minimum atomic E-state index is -0.427. The van der Waals surface area contributed by atoms with Crippen molar-refractivity contribution >= 4 is 41.7 Å². The monoisotopic (exact) mass is 768 g/mol. The zero-order valence-electron chi connectivity index (χ0n) is 30.2.